The van der Waals surface area contributed by atoms with E-state index in [0.29, 0.717) is 19.1 Å². The summed E-state index contributed by atoms with van der Waals surface area (Å²) in [6.07, 6.45) is 6.76. The SMILES string of the molecule is CC(=O)NCc1ccc2c(c1)C(C1CCN(CCCOc3ccc(F)cc3)CC1)=CC2. The van der Waals surface area contributed by atoms with Crippen LogP contribution in [-0.4, -0.2) is 37.0 Å². The molecule has 0 unspecified atom stereocenters. The monoisotopic (exact) mass is 422 g/mol. The zero-order valence-electron chi connectivity index (χ0n) is 18.2. The first-order valence-corrected chi connectivity index (χ1v) is 11.3. The normalized spacial score (nSPS) is 16.6. The van der Waals surface area contributed by atoms with Gasteiger partial charge in [0.15, 0.2) is 0 Å². The van der Waals surface area contributed by atoms with Crippen molar-refractivity contribution in [2.75, 3.05) is 26.2 Å². The Bertz CT molecular complexity index is 931. The van der Waals surface area contributed by atoms with Crippen molar-refractivity contribution >= 4 is 11.5 Å². The minimum absolute atomic E-state index is 0.00621. The Kier molecular flexibility index (Phi) is 7.03. The second kappa shape index (κ2) is 10.1. The summed E-state index contributed by atoms with van der Waals surface area (Å²) >= 11 is 0. The lowest BCUT2D eigenvalue weighted by molar-refractivity contribution is -0.119. The van der Waals surface area contributed by atoms with Crippen molar-refractivity contribution in [3.8, 4) is 5.75 Å². The van der Waals surface area contributed by atoms with Gasteiger partial charge >= 0.3 is 0 Å². The van der Waals surface area contributed by atoms with Crippen LogP contribution in [0.5, 0.6) is 5.75 Å². The zero-order valence-corrected chi connectivity index (χ0v) is 18.2. The average molecular weight is 423 g/mol. The van der Waals surface area contributed by atoms with Gasteiger partial charge in [-0.05, 0) is 97.3 Å². The van der Waals surface area contributed by atoms with E-state index in [2.05, 4.69) is 34.5 Å². The van der Waals surface area contributed by atoms with Crippen molar-refractivity contribution in [1.82, 2.24) is 10.2 Å². The number of carbonyl (C=O) groups excluding carboxylic acids is 1. The first-order valence-electron chi connectivity index (χ1n) is 11.3. The zero-order chi connectivity index (χ0) is 21.6. The Hall–Kier alpha value is -2.66. The van der Waals surface area contributed by atoms with E-state index in [9.17, 15) is 9.18 Å². The first kappa shape index (κ1) is 21.6. The van der Waals surface area contributed by atoms with E-state index in [1.54, 1.807) is 19.1 Å². The highest BCUT2D eigenvalue weighted by Gasteiger charge is 2.26. The summed E-state index contributed by atoms with van der Waals surface area (Å²) in [5.74, 6) is 1.11. The number of hydrogen-bond donors (Lipinski definition) is 1. The molecular formula is C26H31FN2O2. The maximum absolute atomic E-state index is 12.9. The molecule has 1 aliphatic heterocycles. The maximum atomic E-state index is 12.9. The standard InChI is InChI=1S/C26H31FN2O2/c1-19(30)28-18-20-3-4-21-5-10-25(26(21)17-20)22-11-14-29(15-12-22)13-2-16-31-24-8-6-23(27)7-9-24/h3-4,6-10,17,22H,2,5,11-16,18H2,1H3,(H,28,30). The van der Waals surface area contributed by atoms with E-state index >= 15 is 0 Å². The van der Waals surface area contributed by atoms with Crippen molar-refractivity contribution in [3.05, 3.63) is 71.0 Å². The molecule has 1 saturated heterocycles. The number of carbonyl (C=O) groups is 1. The molecule has 4 nitrogen and oxygen atoms in total. The number of rotatable bonds is 8. The number of amides is 1. The van der Waals surface area contributed by atoms with Crippen LogP contribution in [0.3, 0.4) is 0 Å². The molecule has 1 amide bonds. The second-order valence-corrected chi connectivity index (χ2v) is 8.54. The summed E-state index contributed by atoms with van der Waals surface area (Å²) in [5.41, 5.74) is 5.45. The number of nitrogens with one attached hydrogen (secondary N) is 1. The Morgan fingerprint density at radius 2 is 1.94 bits per heavy atom. The van der Waals surface area contributed by atoms with Gasteiger partial charge in [0.1, 0.15) is 11.6 Å². The van der Waals surface area contributed by atoms with Gasteiger partial charge in [0.25, 0.3) is 0 Å². The van der Waals surface area contributed by atoms with Crippen LogP contribution in [0, 0.1) is 11.7 Å². The predicted octanol–water partition coefficient (Wildman–Crippen LogP) is 4.58. The Morgan fingerprint density at radius 3 is 2.68 bits per heavy atom. The van der Waals surface area contributed by atoms with Crippen molar-refractivity contribution in [2.24, 2.45) is 5.92 Å². The highest BCUT2D eigenvalue weighted by Crippen LogP contribution is 2.38. The van der Waals surface area contributed by atoms with E-state index in [-0.39, 0.29) is 11.7 Å². The molecule has 5 heteroatoms. The molecule has 2 aromatic carbocycles. The van der Waals surface area contributed by atoms with Gasteiger partial charge in [0, 0.05) is 20.0 Å². The molecule has 0 bridgehead atoms. The van der Waals surface area contributed by atoms with Crippen LogP contribution >= 0.6 is 0 Å². The van der Waals surface area contributed by atoms with Crippen molar-refractivity contribution in [2.45, 2.75) is 39.2 Å². The minimum Gasteiger partial charge on any atom is -0.494 e. The van der Waals surface area contributed by atoms with E-state index in [4.69, 9.17) is 4.74 Å². The van der Waals surface area contributed by atoms with E-state index in [1.165, 1.54) is 47.2 Å². The Balaban J connectivity index is 1.23. The van der Waals surface area contributed by atoms with Gasteiger partial charge in [-0.15, -0.1) is 0 Å². The number of piperidine rings is 1. The molecule has 2 aliphatic rings. The molecule has 1 aliphatic carbocycles. The summed E-state index contributed by atoms with van der Waals surface area (Å²) in [6.45, 7) is 6.06. The Labute approximate surface area is 184 Å². The summed E-state index contributed by atoms with van der Waals surface area (Å²) in [4.78, 5) is 13.7. The molecule has 1 fully saturated rings. The number of halogens is 1. The highest BCUT2D eigenvalue weighted by molar-refractivity contribution is 5.75. The van der Waals surface area contributed by atoms with Crippen LogP contribution in [-0.2, 0) is 17.8 Å². The number of benzene rings is 2. The highest BCUT2D eigenvalue weighted by atomic mass is 19.1. The summed E-state index contributed by atoms with van der Waals surface area (Å²) in [6, 6.07) is 12.8. The smallest absolute Gasteiger partial charge is 0.217 e. The quantitative estimate of drug-likeness (QED) is 0.633. The number of hydrogen-bond acceptors (Lipinski definition) is 3. The summed E-state index contributed by atoms with van der Waals surface area (Å²) < 4.78 is 18.7. The molecule has 0 saturated carbocycles. The predicted molar refractivity (Wildman–Crippen MR) is 121 cm³/mol. The van der Waals surface area contributed by atoms with Gasteiger partial charge in [-0.2, -0.15) is 0 Å². The van der Waals surface area contributed by atoms with Crippen molar-refractivity contribution in [3.63, 3.8) is 0 Å². The van der Waals surface area contributed by atoms with Gasteiger partial charge in [0.05, 0.1) is 6.61 Å². The van der Waals surface area contributed by atoms with Gasteiger partial charge in [-0.3, -0.25) is 4.79 Å². The fraction of sp³-hybridized carbons (Fsp3) is 0.423. The van der Waals surface area contributed by atoms with E-state index in [1.807, 2.05) is 0 Å². The third kappa shape index (κ3) is 5.73. The fourth-order valence-corrected chi connectivity index (χ4v) is 4.60. The van der Waals surface area contributed by atoms with Gasteiger partial charge in [-0.1, -0.05) is 18.2 Å². The lowest BCUT2D eigenvalue weighted by Crippen LogP contribution is -2.35. The first-order chi connectivity index (χ1) is 15.1. The number of allylic oxidation sites excluding steroid dienone is 2. The molecule has 4 rings (SSSR count). The summed E-state index contributed by atoms with van der Waals surface area (Å²) in [5, 5.41) is 2.90. The summed E-state index contributed by atoms with van der Waals surface area (Å²) in [7, 11) is 0. The molecule has 1 N–H and O–H groups in total. The third-order valence-electron chi connectivity index (χ3n) is 6.30. The molecule has 0 aromatic heterocycles. The minimum atomic E-state index is -0.237. The van der Waals surface area contributed by atoms with Crippen LogP contribution in [0.1, 0.15) is 42.9 Å². The lowest BCUT2D eigenvalue weighted by Gasteiger charge is -2.33. The molecule has 1 heterocycles. The Morgan fingerprint density at radius 1 is 1.16 bits per heavy atom. The van der Waals surface area contributed by atoms with Crippen LogP contribution in [0.2, 0.25) is 0 Å². The van der Waals surface area contributed by atoms with Crippen LogP contribution < -0.4 is 10.1 Å². The van der Waals surface area contributed by atoms with Crippen LogP contribution in [0.4, 0.5) is 4.39 Å². The molecule has 31 heavy (non-hydrogen) atoms. The van der Waals surface area contributed by atoms with Crippen LogP contribution in [0.25, 0.3) is 5.57 Å². The topological polar surface area (TPSA) is 41.6 Å². The molecule has 0 atom stereocenters. The molecular weight excluding hydrogens is 391 g/mol. The van der Waals surface area contributed by atoms with Crippen molar-refractivity contribution in [1.29, 1.82) is 0 Å². The van der Waals surface area contributed by atoms with Crippen molar-refractivity contribution < 1.29 is 13.9 Å². The second-order valence-electron chi connectivity index (χ2n) is 8.54. The number of ether oxygens (including phenoxy) is 1. The molecule has 164 valence electrons. The average Bonchev–Trinajstić information content (AvgIpc) is 3.20. The lowest BCUT2D eigenvalue weighted by atomic mass is 9.85. The van der Waals surface area contributed by atoms with Gasteiger partial charge < -0.3 is 15.0 Å². The number of nitrogens with zero attached hydrogens (tertiary/aromatic N) is 1. The van der Waals surface area contributed by atoms with Gasteiger partial charge in [0.2, 0.25) is 5.91 Å². The number of fused-ring (bicyclic) bond motifs is 1. The third-order valence-corrected chi connectivity index (χ3v) is 6.30. The molecule has 0 spiro atoms. The van der Waals surface area contributed by atoms with Gasteiger partial charge in [-0.25, -0.2) is 4.39 Å². The number of likely N-dealkylation sites (tertiary alicyclic amines) is 1. The maximum Gasteiger partial charge on any atom is 0.217 e. The van der Waals surface area contributed by atoms with E-state index in [0.717, 1.165) is 38.2 Å². The molecule has 2 aromatic rings. The fourth-order valence-electron chi connectivity index (χ4n) is 4.60. The van der Waals surface area contributed by atoms with E-state index < -0.39 is 0 Å². The largest absolute Gasteiger partial charge is 0.494 e. The van der Waals surface area contributed by atoms with Crippen LogP contribution in [0.15, 0.2) is 48.5 Å². The molecule has 0 radical (unpaired) electrons.